The lowest BCUT2D eigenvalue weighted by Crippen LogP contribution is -2.19. The second-order valence-corrected chi connectivity index (χ2v) is 5.27. The number of hydrogen-bond donors (Lipinski definition) is 1. The third kappa shape index (κ3) is 2.33. The molecule has 2 aromatic rings. The average molecular weight is 235 g/mol. The predicted octanol–water partition coefficient (Wildman–Crippen LogP) is 2.29. The van der Waals surface area contributed by atoms with Crippen LogP contribution in [0.5, 0.6) is 0 Å². The number of likely N-dealkylation sites (N-methyl/N-ethyl adjacent to an activating group) is 1. The van der Waals surface area contributed by atoms with E-state index in [4.69, 9.17) is 0 Å². The normalized spacial score (nSPS) is 12.9. The molecule has 0 aliphatic rings. The van der Waals surface area contributed by atoms with Gasteiger partial charge in [0.05, 0.1) is 0 Å². The first kappa shape index (κ1) is 11.4. The van der Waals surface area contributed by atoms with Gasteiger partial charge in [0.15, 0.2) is 0 Å². The Hall–Kier alpha value is -1.13. The van der Waals surface area contributed by atoms with Crippen molar-refractivity contribution >= 4 is 11.3 Å². The molecule has 2 heterocycles. The fraction of sp³-hybridized carbons (Fsp3) is 0.417. The fourth-order valence-corrected chi connectivity index (χ4v) is 2.75. The lowest BCUT2D eigenvalue weighted by Gasteiger charge is -2.14. The lowest BCUT2D eigenvalue weighted by molar-refractivity contribution is 0.572. The minimum Gasteiger partial charge on any atom is -0.338 e. The minimum atomic E-state index is 0.361. The summed E-state index contributed by atoms with van der Waals surface area (Å²) >= 11 is 1.85. The first-order valence-electron chi connectivity index (χ1n) is 5.40. The summed E-state index contributed by atoms with van der Waals surface area (Å²) in [6, 6.07) is 4.73. The Labute approximate surface area is 100 Å². The molecule has 0 bridgehead atoms. The quantitative estimate of drug-likeness (QED) is 0.881. The maximum absolute atomic E-state index is 4.36. The molecule has 0 aliphatic heterocycles. The summed E-state index contributed by atoms with van der Waals surface area (Å²) in [7, 11) is 4.04. The zero-order chi connectivity index (χ0) is 11.5. The van der Waals surface area contributed by atoms with Crippen LogP contribution in [0.25, 0.3) is 0 Å². The smallest absolute Gasteiger partial charge is 0.110 e. The van der Waals surface area contributed by atoms with Gasteiger partial charge in [0.1, 0.15) is 5.82 Å². The first-order valence-corrected chi connectivity index (χ1v) is 6.22. The number of hydrogen-bond acceptors (Lipinski definition) is 3. The molecule has 1 unspecified atom stereocenters. The highest BCUT2D eigenvalue weighted by Gasteiger charge is 2.14. The molecule has 0 spiro atoms. The highest BCUT2D eigenvalue weighted by atomic mass is 32.1. The van der Waals surface area contributed by atoms with Gasteiger partial charge in [0, 0.05) is 41.7 Å². The standard InChI is InChI=1S/C12H17N3S/c1-9-4-5-11(16-9)10(13-2)8-12-14-6-7-15(12)3/h4-7,10,13H,8H2,1-3H3. The Morgan fingerprint density at radius 3 is 2.81 bits per heavy atom. The van der Waals surface area contributed by atoms with E-state index in [0.717, 1.165) is 12.2 Å². The Kier molecular flexibility index (Phi) is 3.41. The molecule has 2 aromatic heterocycles. The number of rotatable bonds is 4. The summed E-state index contributed by atoms with van der Waals surface area (Å²) in [5, 5.41) is 3.35. The second kappa shape index (κ2) is 4.80. The van der Waals surface area contributed by atoms with E-state index in [0.29, 0.717) is 6.04 Å². The van der Waals surface area contributed by atoms with Gasteiger partial charge < -0.3 is 9.88 Å². The lowest BCUT2D eigenvalue weighted by atomic mass is 10.1. The van der Waals surface area contributed by atoms with E-state index in [9.17, 15) is 0 Å². The van der Waals surface area contributed by atoms with Crippen molar-refractivity contribution in [3.8, 4) is 0 Å². The molecule has 0 radical (unpaired) electrons. The summed E-state index contributed by atoms with van der Waals surface area (Å²) in [5.74, 6) is 1.12. The molecule has 4 heteroatoms. The van der Waals surface area contributed by atoms with Crippen LogP contribution in [-0.4, -0.2) is 16.6 Å². The van der Waals surface area contributed by atoms with Crippen LogP contribution in [0.3, 0.4) is 0 Å². The summed E-state index contributed by atoms with van der Waals surface area (Å²) in [4.78, 5) is 7.10. The zero-order valence-corrected chi connectivity index (χ0v) is 10.7. The first-order chi connectivity index (χ1) is 7.70. The third-order valence-electron chi connectivity index (χ3n) is 2.76. The summed E-state index contributed by atoms with van der Waals surface area (Å²) in [5.41, 5.74) is 0. The Bertz CT molecular complexity index is 458. The molecule has 0 amide bonds. The van der Waals surface area contributed by atoms with Gasteiger partial charge in [-0.2, -0.15) is 0 Å². The Morgan fingerprint density at radius 2 is 2.31 bits per heavy atom. The van der Waals surface area contributed by atoms with Gasteiger partial charge in [-0.15, -0.1) is 11.3 Å². The molecule has 0 saturated carbocycles. The Morgan fingerprint density at radius 1 is 1.50 bits per heavy atom. The molecule has 1 N–H and O–H groups in total. The summed E-state index contributed by atoms with van der Waals surface area (Å²) < 4.78 is 2.07. The van der Waals surface area contributed by atoms with Crippen molar-refractivity contribution < 1.29 is 0 Å². The maximum Gasteiger partial charge on any atom is 0.110 e. The number of thiophene rings is 1. The molecule has 0 aliphatic carbocycles. The number of nitrogens with zero attached hydrogens (tertiary/aromatic N) is 2. The molecule has 86 valence electrons. The van der Waals surface area contributed by atoms with E-state index in [-0.39, 0.29) is 0 Å². The van der Waals surface area contributed by atoms with E-state index in [1.165, 1.54) is 9.75 Å². The maximum atomic E-state index is 4.36. The zero-order valence-electron chi connectivity index (χ0n) is 9.90. The largest absolute Gasteiger partial charge is 0.338 e. The second-order valence-electron chi connectivity index (χ2n) is 3.95. The van der Waals surface area contributed by atoms with Gasteiger partial charge in [-0.3, -0.25) is 0 Å². The monoisotopic (exact) mass is 235 g/mol. The molecule has 16 heavy (non-hydrogen) atoms. The molecule has 0 aromatic carbocycles. The van der Waals surface area contributed by atoms with Crippen molar-refractivity contribution in [1.82, 2.24) is 14.9 Å². The van der Waals surface area contributed by atoms with E-state index >= 15 is 0 Å². The van der Waals surface area contributed by atoms with Crippen LogP contribution in [0, 0.1) is 6.92 Å². The molecule has 0 saturated heterocycles. The van der Waals surface area contributed by atoms with Crippen LogP contribution < -0.4 is 5.32 Å². The van der Waals surface area contributed by atoms with E-state index < -0.39 is 0 Å². The fourth-order valence-electron chi connectivity index (χ4n) is 1.76. The molecular weight excluding hydrogens is 218 g/mol. The average Bonchev–Trinajstić information content (AvgIpc) is 2.85. The topological polar surface area (TPSA) is 29.9 Å². The molecular formula is C12H17N3S. The molecule has 1 atom stereocenters. The van der Waals surface area contributed by atoms with Crippen LogP contribution >= 0.6 is 11.3 Å². The van der Waals surface area contributed by atoms with Crippen LogP contribution in [0.2, 0.25) is 0 Å². The van der Waals surface area contributed by atoms with Crippen molar-refractivity contribution in [3.63, 3.8) is 0 Å². The predicted molar refractivity (Wildman–Crippen MR) is 67.8 cm³/mol. The highest BCUT2D eigenvalue weighted by molar-refractivity contribution is 7.12. The number of aryl methyl sites for hydroxylation is 2. The van der Waals surface area contributed by atoms with E-state index in [1.807, 2.05) is 37.8 Å². The number of aromatic nitrogens is 2. The summed E-state index contributed by atoms with van der Waals surface area (Å²) in [6.45, 7) is 2.14. The van der Waals surface area contributed by atoms with Gasteiger partial charge in [0.25, 0.3) is 0 Å². The van der Waals surface area contributed by atoms with Crippen LogP contribution in [0.15, 0.2) is 24.5 Å². The molecule has 2 rings (SSSR count). The van der Waals surface area contributed by atoms with Gasteiger partial charge in [-0.05, 0) is 26.1 Å². The van der Waals surface area contributed by atoms with Gasteiger partial charge >= 0.3 is 0 Å². The minimum absolute atomic E-state index is 0.361. The number of imidazole rings is 1. The number of nitrogens with one attached hydrogen (secondary N) is 1. The van der Waals surface area contributed by atoms with Crippen molar-refractivity contribution in [2.24, 2.45) is 7.05 Å². The van der Waals surface area contributed by atoms with Gasteiger partial charge in [0.2, 0.25) is 0 Å². The van der Waals surface area contributed by atoms with Crippen molar-refractivity contribution in [2.75, 3.05) is 7.05 Å². The van der Waals surface area contributed by atoms with Gasteiger partial charge in [-0.25, -0.2) is 4.98 Å². The highest BCUT2D eigenvalue weighted by Crippen LogP contribution is 2.24. The van der Waals surface area contributed by atoms with Gasteiger partial charge in [-0.1, -0.05) is 0 Å². The van der Waals surface area contributed by atoms with E-state index in [2.05, 4.69) is 33.9 Å². The third-order valence-corrected chi connectivity index (χ3v) is 3.88. The van der Waals surface area contributed by atoms with Crippen molar-refractivity contribution in [1.29, 1.82) is 0 Å². The summed E-state index contributed by atoms with van der Waals surface area (Å²) in [6.07, 6.45) is 4.77. The van der Waals surface area contributed by atoms with E-state index in [1.54, 1.807) is 0 Å². The van der Waals surface area contributed by atoms with Crippen LogP contribution in [0.1, 0.15) is 21.6 Å². The SMILES string of the molecule is CNC(Cc1nccn1C)c1ccc(C)s1. The molecule has 3 nitrogen and oxygen atoms in total. The van der Waals surface area contributed by atoms with Crippen molar-refractivity contribution in [3.05, 3.63) is 40.1 Å². The van der Waals surface area contributed by atoms with Crippen LogP contribution in [0.4, 0.5) is 0 Å². The van der Waals surface area contributed by atoms with Crippen molar-refractivity contribution in [2.45, 2.75) is 19.4 Å². The van der Waals surface area contributed by atoms with Crippen LogP contribution in [-0.2, 0) is 13.5 Å². The molecule has 0 fully saturated rings. The Balaban J connectivity index is 2.15.